The van der Waals surface area contributed by atoms with Crippen molar-refractivity contribution in [1.29, 1.82) is 0 Å². The minimum atomic E-state index is -1.15. The molecule has 0 atom stereocenters. The molecule has 0 saturated heterocycles. The summed E-state index contributed by atoms with van der Waals surface area (Å²) in [5.41, 5.74) is 0.254. The summed E-state index contributed by atoms with van der Waals surface area (Å²) in [6.07, 6.45) is 2.87. The molecule has 2 aromatic heterocycles. The molecule has 0 bridgehead atoms. The van der Waals surface area contributed by atoms with Crippen molar-refractivity contribution in [1.82, 2.24) is 20.5 Å². The fourth-order valence-electron chi connectivity index (χ4n) is 2.84. The van der Waals surface area contributed by atoms with Crippen LogP contribution in [0.3, 0.4) is 0 Å². The molecule has 3 N–H and O–H groups in total. The third-order valence-corrected chi connectivity index (χ3v) is 5.36. The second kappa shape index (κ2) is 8.68. The maximum atomic E-state index is 13.6. The van der Waals surface area contributed by atoms with E-state index < -0.39 is 17.3 Å². The number of aromatic amines is 1. The average molecular weight is 444 g/mol. The van der Waals surface area contributed by atoms with E-state index in [1.54, 1.807) is 27.0 Å². The fraction of sp³-hybridized carbons (Fsp3) is 0.238. The van der Waals surface area contributed by atoms with Crippen molar-refractivity contribution in [3.63, 3.8) is 0 Å². The number of benzene rings is 1. The summed E-state index contributed by atoms with van der Waals surface area (Å²) >= 11 is 1.33. The van der Waals surface area contributed by atoms with Crippen LogP contribution >= 0.6 is 11.3 Å². The molecule has 2 heterocycles. The van der Waals surface area contributed by atoms with Crippen LogP contribution in [0.2, 0.25) is 0 Å². The quantitative estimate of drug-likeness (QED) is 0.276. The highest BCUT2D eigenvalue weighted by atomic mass is 32.1. The van der Waals surface area contributed by atoms with Gasteiger partial charge in [0.2, 0.25) is 0 Å². The Balaban J connectivity index is 1.75. The van der Waals surface area contributed by atoms with Crippen molar-refractivity contribution in [2.24, 2.45) is 0 Å². The van der Waals surface area contributed by atoms with Crippen molar-refractivity contribution < 1.29 is 18.7 Å². The number of ether oxygens (including phenoxy) is 1. The van der Waals surface area contributed by atoms with Crippen LogP contribution in [-0.4, -0.2) is 39.2 Å². The first-order valence-corrected chi connectivity index (χ1v) is 10.2. The van der Waals surface area contributed by atoms with Crippen molar-refractivity contribution >= 4 is 49.5 Å². The number of rotatable bonds is 8. The number of amides is 1. The smallest absolute Gasteiger partial charge is 0.341 e. The fourth-order valence-corrected chi connectivity index (χ4v) is 3.81. The minimum Gasteiger partial charge on any atom is -0.462 e. The Morgan fingerprint density at radius 2 is 2.10 bits per heavy atom. The maximum absolute atomic E-state index is 13.6. The monoisotopic (exact) mass is 443 g/mol. The lowest BCUT2D eigenvalue weighted by atomic mass is 10.0. The van der Waals surface area contributed by atoms with Crippen LogP contribution in [0.1, 0.15) is 20.8 Å². The molecule has 0 spiro atoms. The maximum Gasteiger partial charge on any atom is 0.341 e. The van der Waals surface area contributed by atoms with Crippen LogP contribution in [-0.2, 0) is 14.3 Å². The van der Waals surface area contributed by atoms with E-state index in [9.17, 15) is 14.0 Å². The van der Waals surface area contributed by atoms with E-state index in [0.717, 1.165) is 27.2 Å². The number of allylic oxidation sites excluding steroid dienone is 1. The largest absolute Gasteiger partial charge is 0.462 e. The number of carbonyl (C=O) groups is 2. The number of carbonyl (C=O) groups excluding carboxylic acids is 2. The van der Waals surface area contributed by atoms with Crippen LogP contribution in [0.25, 0.3) is 21.1 Å². The molecule has 0 fully saturated rings. The molecule has 0 aliphatic carbocycles. The highest BCUT2D eigenvalue weighted by Gasteiger charge is 2.29. The molecule has 1 aromatic carbocycles. The normalized spacial score (nSPS) is 12.1. The molecule has 0 radical (unpaired) electrons. The number of nitrogens with zero attached hydrogens (tertiary/aromatic N) is 2. The molecule has 162 valence electrons. The predicted molar refractivity (Wildman–Crippen MR) is 119 cm³/mol. The van der Waals surface area contributed by atoms with E-state index in [0.29, 0.717) is 5.13 Å². The zero-order valence-electron chi connectivity index (χ0n) is 17.3. The molecule has 1 amide bonds. The SMILES string of the molecule is C=C(/C=C(\C(=C)F)C(=O)OCC)NC(C)(C)C(=O)Nc1nc2ccc3[nH]ncc3c2s1. The number of hydrogen-bond acceptors (Lipinski definition) is 7. The molecule has 3 aromatic rings. The van der Waals surface area contributed by atoms with Crippen molar-refractivity contribution in [3.05, 3.63) is 54.7 Å². The molecular formula is C21H22FN5O3S. The Morgan fingerprint density at radius 3 is 2.77 bits per heavy atom. The summed E-state index contributed by atoms with van der Waals surface area (Å²) in [7, 11) is 0. The number of H-pyrrole nitrogens is 1. The molecule has 0 saturated carbocycles. The molecule has 0 aliphatic heterocycles. The van der Waals surface area contributed by atoms with Gasteiger partial charge in [0.15, 0.2) is 5.13 Å². The van der Waals surface area contributed by atoms with Gasteiger partial charge < -0.3 is 10.1 Å². The van der Waals surface area contributed by atoms with Crippen LogP contribution in [0.15, 0.2) is 54.7 Å². The Labute approximate surface area is 181 Å². The summed E-state index contributed by atoms with van der Waals surface area (Å²) in [4.78, 5) is 29.2. The zero-order chi connectivity index (χ0) is 22.8. The highest BCUT2D eigenvalue weighted by Crippen LogP contribution is 2.32. The van der Waals surface area contributed by atoms with Crippen LogP contribution in [0.5, 0.6) is 0 Å². The van der Waals surface area contributed by atoms with E-state index in [-0.39, 0.29) is 23.8 Å². The van der Waals surface area contributed by atoms with Crippen molar-refractivity contribution in [3.8, 4) is 0 Å². The third kappa shape index (κ3) is 4.80. The van der Waals surface area contributed by atoms with E-state index >= 15 is 0 Å². The predicted octanol–water partition coefficient (Wildman–Crippen LogP) is 3.97. The van der Waals surface area contributed by atoms with Gasteiger partial charge in [0, 0.05) is 11.1 Å². The number of nitrogens with one attached hydrogen (secondary N) is 3. The molecule has 10 heteroatoms. The van der Waals surface area contributed by atoms with Crippen molar-refractivity contribution in [2.45, 2.75) is 26.3 Å². The van der Waals surface area contributed by atoms with Gasteiger partial charge in [0.1, 0.15) is 11.4 Å². The van der Waals surface area contributed by atoms with Gasteiger partial charge in [-0.3, -0.25) is 15.2 Å². The zero-order valence-corrected chi connectivity index (χ0v) is 18.2. The second-order valence-corrected chi connectivity index (χ2v) is 8.18. The molecule has 8 nitrogen and oxygen atoms in total. The molecule has 0 unspecified atom stereocenters. The number of anilines is 1. The van der Waals surface area contributed by atoms with Crippen molar-refractivity contribution in [2.75, 3.05) is 11.9 Å². The van der Waals surface area contributed by atoms with Crippen LogP contribution in [0, 0.1) is 0 Å². The van der Waals surface area contributed by atoms with Gasteiger partial charge >= 0.3 is 5.97 Å². The second-order valence-electron chi connectivity index (χ2n) is 7.18. The van der Waals surface area contributed by atoms with Gasteiger partial charge in [-0.15, -0.1) is 0 Å². The number of thiazole rings is 1. The molecular weight excluding hydrogens is 421 g/mol. The van der Waals surface area contributed by atoms with E-state index in [1.165, 1.54) is 11.3 Å². The summed E-state index contributed by atoms with van der Waals surface area (Å²) < 4.78 is 19.4. The van der Waals surface area contributed by atoms with Crippen LogP contribution in [0.4, 0.5) is 9.52 Å². The molecule has 3 rings (SSSR count). The average Bonchev–Trinajstić information content (AvgIpc) is 3.31. The summed E-state index contributed by atoms with van der Waals surface area (Å²) in [6, 6.07) is 3.72. The number of halogens is 1. The number of hydrogen-bond donors (Lipinski definition) is 3. The highest BCUT2D eigenvalue weighted by molar-refractivity contribution is 7.23. The van der Waals surface area contributed by atoms with Gasteiger partial charge in [-0.05, 0) is 39.0 Å². The third-order valence-electron chi connectivity index (χ3n) is 4.34. The van der Waals surface area contributed by atoms with Gasteiger partial charge in [0.05, 0.1) is 34.1 Å². The van der Waals surface area contributed by atoms with Gasteiger partial charge in [-0.25, -0.2) is 14.2 Å². The topological polar surface area (TPSA) is 109 Å². The first-order valence-electron chi connectivity index (χ1n) is 9.37. The molecule has 0 aliphatic rings. The first kappa shape index (κ1) is 22.2. The van der Waals surface area contributed by atoms with E-state index in [4.69, 9.17) is 4.74 Å². The summed E-state index contributed by atoms with van der Waals surface area (Å²) in [5, 5.41) is 13.9. The Hall–Kier alpha value is -3.53. The van der Waals surface area contributed by atoms with Gasteiger partial charge in [-0.1, -0.05) is 24.5 Å². The Bertz CT molecular complexity index is 1220. The van der Waals surface area contributed by atoms with Gasteiger partial charge in [0.25, 0.3) is 5.91 Å². The number of esters is 1. The lowest BCUT2D eigenvalue weighted by molar-refractivity contribution is -0.138. The molecule has 31 heavy (non-hydrogen) atoms. The Kier molecular flexibility index (Phi) is 6.21. The Morgan fingerprint density at radius 1 is 1.35 bits per heavy atom. The number of fused-ring (bicyclic) bond motifs is 3. The summed E-state index contributed by atoms with van der Waals surface area (Å²) in [5.74, 6) is -2.20. The summed E-state index contributed by atoms with van der Waals surface area (Å²) in [6.45, 7) is 11.8. The lowest BCUT2D eigenvalue weighted by Gasteiger charge is -2.26. The first-order chi connectivity index (χ1) is 14.6. The standard InChI is InChI=1S/C21H22FN5O3S/c1-6-30-18(28)13(12(3)22)9-11(2)26-21(4,5)19(29)25-20-24-16-8-7-15-14(10-23-27-15)17(16)31-20/h7-10,26H,2-3,6H2,1,4-5H3,(H,23,27)(H,24,25,29)/b13-9+. The lowest BCUT2D eigenvalue weighted by Crippen LogP contribution is -2.49. The number of aromatic nitrogens is 3. The van der Waals surface area contributed by atoms with E-state index in [1.807, 2.05) is 12.1 Å². The van der Waals surface area contributed by atoms with E-state index in [2.05, 4.69) is 39.0 Å². The van der Waals surface area contributed by atoms with Crippen LogP contribution < -0.4 is 10.6 Å². The van der Waals surface area contributed by atoms with Gasteiger partial charge in [-0.2, -0.15) is 5.10 Å². The minimum absolute atomic E-state index is 0.0878.